The second-order valence-corrected chi connectivity index (χ2v) is 6.54. The molecule has 27 heavy (non-hydrogen) atoms. The van der Waals surface area contributed by atoms with Crippen molar-refractivity contribution < 1.29 is 24.0 Å². The molecular formula is C21H25N2O4+. The maximum absolute atomic E-state index is 12.7. The molecule has 0 bridgehead atoms. The van der Waals surface area contributed by atoms with Crippen molar-refractivity contribution >= 4 is 17.6 Å². The zero-order chi connectivity index (χ0) is 19.2. The average molecular weight is 369 g/mol. The Hall–Kier alpha value is -2.86. The molecule has 1 unspecified atom stereocenters. The lowest BCUT2D eigenvalue weighted by molar-refractivity contribution is -0.924. The van der Waals surface area contributed by atoms with Crippen molar-refractivity contribution in [2.75, 3.05) is 25.6 Å². The number of hydrogen-bond acceptors (Lipinski definition) is 4. The van der Waals surface area contributed by atoms with Crippen LogP contribution in [0.15, 0.2) is 48.5 Å². The molecule has 2 aromatic rings. The van der Waals surface area contributed by atoms with E-state index in [9.17, 15) is 9.59 Å². The molecule has 0 spiro atoms. The van der Waals surface area contributed by atoms with Gasteiger partial charge in [0.25, 0.3) is 5.91 Å². The van der Waals surface area contributed by atoms with E-state index in [0.29, 0.717) is 31.0 Å². The van der Waals surface area contributed by atoms with E-state index in [0.717, 1.165) is 16.0 Å². The number of esters is 1. The third kappa shape index (κ3) is 4.46. The van der Waals surface area contributed by atoms with E-state index in [1.807, 2.05) is 55.5 Å². The summed E-state index contributed by atoms with van der Waals surface area (Å²) >= 11 is 0. The zero-order valence-corrected chi connectivity index (χ0v) is 15.7. The summed E-state index contributed by atoms with van der Waals surface area (Å²) in [5, 5.41) is 2.91. The summed E-state index contributed by atoms with van der Waals surface area (Å²) in [5.74, 6) is 0.185. The molecule has 0 saturated heterocycles. The van der Waals surface area contributed by atoms with Crippen molar-refractivity contribution in [2.24, 2.45) is 0 Å². The van der Waals surface area contributed by atoms with E-state index in [1.165, 1.54) is 7.11 Å². The molecule has 2 aromatic carbocycles. The van der Waals surface area contributed by atoms with Crippen molar-refractivity contribution in [2.45, 2.75) is 25.9 Å². The van der Waals surface area contributed by atoms with Gasteiger partial charge >= 0.3 is 5.97 Å². The standard InChI is InChI=1S/C21H24N2O4/c1-3-27-19-11-7-6-10-17(19)22-20(24)14-23-13-16-9-5-4-8-15(16)12-18(23)21(25)26-2/h4-11,18H,3,12-14H2,1-2H3,(H,22,24)/p+1/t18-/m1/s1. The van der Waals surface area contributed by atoms with Gasteiger partial charge in [-0.3, -0.25) is 4.79 Å². The fourth-order valence-electron chi connectivity index (χ4n) is 3.49. The number of benzene rings is 2. The summed E-state index contributed by atoms with van der Waals surface area (Å²) in [6.45, 7) is 3.20. The number of nitrogens with one attached hydrogen (secondary N) is 2. The van der Waals surface area contributed by atoms with Crippen LogP contribution in [0.3, 0.4) is 0 Å². The smallest absolute Gasteiger partial charge is 0.365 e. The van der Waals surface area contributed by atoms with Gasteiger partial charge in [-0.05, 0) is 24.6 Å². The fraction of sp³-hybridized carbons (Fsp3) is 0.333. The number of quaternary nitrogens is 1. The van der Waals surface area contributed by atoms with Gasteiger partial charge in [0.05, 0.1) is 19.4 Å². The molecule has 2 atom stereocenters. The molecule has 0 aromatic heterocycles. The van der Waals surface area contributed by atoms with Gasteiger partial charge < -0.3 is 19.7 Å². The minimum atomic E-state index is -0.391. The minimum absolute atomic E-state index is 0.162. The molecule has 0 radical (unpaired) electrons. The minimum Gasteiger partial charge on any atom is -0.492 e. The van der Waals surface area contributed by atoms with Crippen LogP contribution in [0.1, 0.15) is 18.1 Å². The van der Waals surface area contributed by atoms with Gasteiger partial charge in [0.1, 0.15) is 12.3 Å². The van der Waals surface area contributed by atoms with Crippen molar-refractivity contribution in [1.29, 1.82) is 0 Å². The molecule has 1 heterocycles. The SMILES string of the molecule is CCOc1ccccc1NC(=O)C[NH+]1Cc2ccccc2C[C@@H]1C(=O)OC. The lowest BCUT2D eigenvalue weighted by atomic mass is 9.94. The molecule has 2 N–H and O–H groups in total. The molecule has 0 saturated carbocycles. The second kappa shape index (κ2) is 8.68. The largest absolute Gasteiger partial charge is 0.492 e. The van der Waals surface area contributed by atoms with E-state index in [4.69, 9.17) is 9.47 Å². The molecule has 6 nitrogen and oxygen atoms in total. The number of carbonyl (C=O) groups is 2. The van der Waals surface area contributed by atoms with Crippen molar-refractivity contribution in [1.82, 2.24) is 0 Å². The van der Waals surface area contributed by atoms with Crippen LogP contribution in [-0.2, 0) is 27.3 Å². The number of para-hydroxylation sites is 2. The van der Waals surface area contributed by atoms with Crippen molar-refractivity contribution in [3.8, 4) is 5.75 Å². The zero-order valence-electron chi connectivity index (χ0n) is 15.7. The predicted molar refractivity (Wildman–Crippen MR) is 102 cm³/mol. The maximum atomic E-state index is 12.7. The summed E-state index contributed by atoms with van der Waals surface area (Å²) < 4.78 is 10.5. The highest BCUT2D eigenvalue weighted by Crippen LogP contribution is 2.23. The highest BCUT2D eigenvalue weighted by Gasteiger charge is 2.37. The number of carbonyl (C=O) groups excluding carboxylic acids is 2. The van der Waals surface area contributed by atoms with E-state index in [2.05, 4.69) is 5.32 Å². The Bertz CT molecular complexity index is 821. The monoisotopic (exact) mass is 369 g/mol. The van der Waals surface area contributed by atoms with Crippen LogP contribution in [0.4, 0.5) is 5.69 Å². The highest BCUT2D eigenvalue weighted by atomic mass is 16.5. The van der Waals surface area contributed by atoms with Crippen LogP contribution in [-0.4, -0.2) is 38.2 Å². The normalized spacial score (nSPS) is 18.3. The molecule has 142 valence electrons. The number of ether oxygens (including phenoxy) is 2. The Morgan fingerprint density at radius 1 is 1.11 bits per heavy atom. The Morgan fingerprint density at radius 3 is 2.56 bits per heavy atom. The van der Waals surface area contributed by atoms with Crippen LogP contribution < -0.4 is 15.0 Å². The molecule has 1 amide bonds. The number of fused-ring (bicyclic) bond motifs is 1. The third-order valence-corrected chi connectivity index (χ3v) is 4.79. The lowest BCUT2D eigenvalue weighted by Crippen LogP contribution is -3.17. The quantitative estimate of drug-likeness (QED) is 0.751. The van der Waals surface area contributed by atoms with E-state index in [1.54, 1.807) is 0 Å². The maximum Gasteiger partial charge on any atom is 0.365 e. The van der Waals surface area contributed by atoms with Gasteiger partial charge in [-0.1, -0.05) is 36.4 Å². The average Bonchev–Trinajstić information content (AvgIpc) is 2.68. The number of hydrogen-bond donors (Lipinski definition) is 2. The summed E-state index contributed by atoms with van der Waals surface area (Å²) in [4.78, 5) is 25.8. The Morgan fingerprint density at radius 2 is 1.81 bits per heavy atom. The van der Waals surface area contributed by atoms with Crippen LogP contribution in [0.2, 0.25) is 0 Å². The van der Waals surface area contributed by atoms with Gasteiger partial charge in [0, 0.05) is 12.0 Å². The topological polar surface area (TPSA) is 69.1 Å². The molecular weight excluding hydrogens is 344 g/mol. The summed E-state index contributed by atoms with van der Waals surface area (Å²) in [7, 11) is 1.39. The van der Waals surface area contributed by atoms with Crippen molar-refractivity contribution in [3.63, 3.8) is 0 Å². The van der Waals surface area contributed by atoms with Crippen molar-refractivity contribution in [3.05, 3.63) is 59.7 Å². The van der Waals surface area contributed by atoms with Crippen LogP contribution in [0.5, 0.6) is 5.75 Å². The molecule has 1 aliphatic heterocycles. The second-order valence-electron chi connectivity index (χ2n) is 6.54. The van der Waals surface area contributed by atoms with Gasteiger partial charge in [0.2, 0.25) is 0 Å². The van der Waals surface area contributed by atoms with Gasteiger partial charge in [0.15, 0.2) is 12.6 Å². The van der Waals surface area contributed by atoms with Gasteiger partial charge in [-0.15, -0.1) is 0 Å². The number of amides is 1. The molecule has 0 aliphatic carbocycles. The van der Waals surface area contributed by atoms with E-state index >= 15 is 0 Å². The third-order valence-electron chi connectivity index (χ3n) is 4.79. The number of rotatable bonds is 6. The van der Waals surface area contributed by atoms with Gasteiger partial charge in [-0.2, -0.15) is 0 Å². The first kappa shape index (κ1) is 18.9. The predicted octanol–water partition coefficient (Wildman–Crippen LogP) is 1.21. The van der Waals surface area contributed by atoms with E-state index < -0.39 is 6.04 Å². The van der Waals surface area contributed by atoms with Crippen LogP contribution in [0.25, 0.3) is 0 Å². The fourth-order valence-corrected chi connectivity index (χ4v) is 3.49. The molecule has 3 rings (SSSR count). The molecule has 6 heteroatoms. The summed E-state index contributed by atoms with van der Waals surface area (Å²) in [6.07, 6.45) is 0.570. The molecule has 0 fully saturated rings. The first-order valence-corrected chi connectivity index (χ1v) is 9.13. The summed E-state index contributed by atoms with van der Waals surface area (Å²) in [5.41, 5.74) is 2.93. The first-order chi connectivity index (χ1) is 13.1. The van der Waals surface area contributed by atoms with Gasteiger partial charge in [-0.25, -0.2) is 4.79 Å². The first-order valence-electron chi connectivity index (χ1n) is 9.13. The summed E-state index contributed by atoms with van der Waals surface area (Å²) in [6, 6.07) is 15.0. The number of anilines is 1. The Balaban J connectivity index is 1.74. The molecule has 1 aliphatic rings. The van der Waals surface area contributed by atoms with Crippen LogP contribution in [0, 0.1) is 0 Å². The van der Waals surface area contributed by atoms with Crippen LogP contribution >= 0.6 is 0 Å². The Labute approximate surface area is 159 Å². The van der Waals surface area contributed by atoms with E-state index in [-0.39, 0.29) is 18.4 Å². The lowest BCUT2D eigenvalue weighted by Gasteiger charge is -2.31. The highest BCUT2D eigenvalue weighted by molar-refractivity contribution is 5.93. The number of methoxy groups -OCH3 is 1. The Kier molecular flexibility index (Phi) is 6.08.